The second kappa shape index (κ2) is 7.60. The summed E-state index contributed by atoms with van der Waals surface area (Å²) in [6, 6.07) is 0. The average Bonchev–Trinajstić information content (AvgIpc) is 2.15. The monoisotopic (exact) mass is 245 g/mol. The molecule has 83 valence electrons. The Labute approximate surface area is 87.2 Å². The molecule has 0 saturated heterocycles. The van der Waals surface area contributed by atoms with Crippen molar-refractivity contribution in [2.24, 2.45) is 0 Å². The predicted octanol–water partition coefficient (Wildman–Crippen LogP) is 0.992. The minimum atomic E-state index is -1.58. The third-order valence-electron chi connectivity index (χ3n) is 1.16. The van der Waals surface area contributed by atoms with Gasteiger partial charge in [-0.05, 0) is 0 Å². The summed E-state index contributed by atoms with van der Waals surface area (Å²) in [4.78, 5) is 10.8. The summed E-state index contributed by atoms with van der Waals surface area (Å²) in [6.45, 7) is 4.87. The van der Waals surface area contributed by atoms with Gasteiger partial charge in [-0.1, -0.05) is 0 Å². The molecule has 5 heteroatoms. The van der Waals surface area contributed by atoms with Gasteiger partial charge in [0.05, 0.1) is 0 Å². The molecule has 1 N–H and O–H groups in total. The molecule has 4 nitrogen and oxygen atoms in total. The third kappa shape index (κ3) is 6.70. The first-order chi connectivity index (χ1) is 6.60. The van der Waals surface area contributed by atoms with Crippen LogP contribution in [0.5, 0.6) is 0 Å². The molecule has 14 heavy (non-hydrogen) atoms. The Morgan fingerprint density at radius 1 is 1.71 bits per heavy atom. The van der Waals surface area contributed by atoms with Crippen molar-refractivity contribution >= 4 is 5.97 Å². The van der Waals surface area contributed by atoms with E-state index in [0.717, 1.165) is 0 Å². The molecule has 0 aliphatic rings. The average molecular weight is 245 g/mol. The summed E-state index contributed by atoms with van der Waals surface area (Å²) < 4.78 is 15.6. The zero-order valence-electron chi connectivity index (χ0n) is 7.94. The Hall–Kier alpha value is -0.784. The Morgan fingerprint density at radius 2 is 2.36 bits per heavy atom. The van der Waals surface area contributed by atoms with Crippen molar-refractivity contribution < 1.29 is 32.1 Å². The van der Waals surface area contributed by atoms with Gasteiger partial charge in [0.15, 0.2) is 0 Å². The third-order valence-corrected chi connectivity index (χ3v) is 2.55. The second-order valence-electron chi connectivity index (χ2n) is 2.37. The van der Waals surface area contributed by atoms with Gasteiger partial charge in [0.1, 0.15) is 0 Å². The van der Waals surface area contributed by atoms with Gasteiger partial charge in [0.25, 0.3) is 0 Å². The van der Waals surface area contributed by atoms with Gasteiger partial charge < -0.3 is 0 Å². The van der Waals surface area contributed by atoms with Gasteiger partial charge in [-0.2, -0.15) is 0 Å². The van der Waals surface area contributed by atoms with Gasteiger partial charge in [-0.15, -0.1) is 0 Å². The Morgan fingerprint density at radius 3 is 2.86 bits per heavy atom. The van der Waals surface area contributed by atoms with E-state index in [1.165, 1.54) is 11.1 Å². The molecular weight excluding hydrogens is 231 g/mol. The van der Waals surface area contributed by atoms with E-state index in [1.807, 2.05) is 0 Å². The van der Waals surface area contributed by atoms with E-state index in [1.54, 1.807) is 13.0 Å². The topological polar surface area (TPSA) is 63.6 Å². The molecule has 0 rings (SSSR count). The minimum absolute atomic E-state index is 0.0691. The summed E-state index contributed by atoms with van der Waals surface area (Å²) in [5.74, 6) is -0.514. The van der Waals surface area contributed by atoms with E-state index < -0.39 is 25.7 Å². The normalized spacial score (nSPS) is 13.7. The van der Waals surface area contributed by atoms with Crippen molar-refractivity contribution in [2.45, 2.75) is 18.4 Å². The van der Waals surface area contributed by atoms with Crippen molar-refractivity contribution in [3.8, 4) is 0 Å². The standard InChI is InChI=1S/C7H11O3.C2H3.Co.O/c1-3-4-7(9)10-5-6(2)8;1-2;;/h3-4,6,8H,2,5H2,1H3;1H,2H2;;/b4-3+;;;. The Bertz CT molecular complexity index is 247. The van der Waals surface area contributed by atoms with Crippen LogP contribution in [0.1, 0.15) is 6.92 Å². The van der Waals surface area contributed by atoms with Crippen LogP contribution in [0, 0.1) is 0 Å². The number of carbonyl (C=O) groups excluding carboxylic acids is 1. The number of esters is 1. The molecule has 0 amide bonds. The SMILES string of the molecule is C=[CH][Co](=[O])[CH2]C(O)COC(=O)/C=C/C. The number of aliphatic hydroxyl groups is 1. The number of hydrogen-bond acceptors (Lipinski definition) is 4. The van der Waals surface area contributed by atoms with E-state index in [0.29, 0.717) is 0 Å². The first kappa shape index (κ1) is 13.2. The van der Waals surface area contributed by atoms with Crippen LogP contribution in [0.3, 0.4) is 0 Å². The summed E-state index contributed by atoms with van der Waals surface area (Å²) in [5.41, 5.74) is 0. The van der Waals surface area contributed by atoms with Gasteiger partial charge in [0, 0.05) is 0 Å². The zero-order valence-corrected chi connectivity index (χ0v) is 8.98. The van der Waals surface area contributed by atoms with Crippen molar-refractivity contribution in [1.29, 1.82) is 0 Å². The van der Waals surface area contributed by atoms with Crippen LogP contribution >= 0.6 is 0 Å². The number of rotatable bonds is 6. The molecule has 0 saturated carbocycles. The summed E-state index contributed by atoms with van der Waals surface area (Å²) in [6.07, 6.45) is 1.89. The van der Waals surface area contributed by atoms with Gasteiger partial charge in [0.2, 0.25) is 0 Å². The molecule has 0 aromatic carbocycles. The first-order valence-electron chi connectivity index (χ1n) is 3.94. The molecule has 0 aromatic rings. The van der Waals surface area contributed by atoms with Crippen LogP contribution < -0.4 is 0 Å². The molecule has 1 atom stereocenters. The molecule has 0 radical (unpaired) electrons. The van der Waals surface area contributed by atoms with E-state index in [-0.39, 0.29) is 12.0 Å². The zero-order chi connectivity index (χ0) is 11.0. The number of carbonyl (C=O) groups is 1. The first-order valence-corrected chi connectivity index (χ1v) is 5.71. The number of hydrogen-bond donors (Lipinski definition) is 1. The Kier molecular flexibility index (Phi) is 7.18. The molecular formula is C9H14CoO4. The van der Waals surface area contributed by atoms with Crippen molar-refractivity contribution in [3.63, 3.8) is 0 Å². The second-order valence-corrected chi connectivity index (χ2v) is 4.19. The molecule has 0 bridgehead atoms. The van der Waals surface area contributed by atoms with Crippen LogP contribution in [0.15, 0.2) is 23.7 Å². The van der Waals surface area contributed by atoms with E-state index in [9.17, 15) is 13.8 Å². The fourth-order valence-electron chi connectivity index (χ4n) is 0.612. The maximum atomic E-state index is 10.9. The predicted molar refractivity (Wildman–Crippen MR) is 47.5 cm³/mol. The van der Waals surface area contributed by atoms with Crippen LogP contribution in [0.25, 0.3) is 0 Å². The fraction of sp³-hybridized carbons (Fsp3) is 0.444. The van der Waals surface area contributed by atoms with Crippen LogP contribution in [0.4, 0.5) is 0 Å². The maximum absolute atomic E-state index is 10.9. The molecule has 0 fully saturated rings. The summed E-state index contributed by atoms with van der Waals surface area (Å²) >= 11 is -1.58. The van der Waals surface area contributed by atoms with Gasteiger partial charge in [-0.25, -0.2) is 0 Å². The van der Waals surface area contributed by atoms with Crippen LogP contribution in [-0.2, 0) is 27.0 Å². The molecule has 0 spiro atoms. The van der Waals surface area contributed by atoms with Crippen LogP contribution in [0.2, 0.25) is 5.36 Å². The Balaban J connectivity index is 3.73. The molecule has 0 aliphatic heterocycles. The summed E-state index contributed by atoms with van der Waals surface area (Å²) in [7, 11) is 0. The van der Waals surface area contributed by atoms with Gasteiger partial charge in [-0.3, -0.25) is 0 Å². The van der Waals surface area contributed by atoms with Crippen molar-refractivity contribution in [1.82, 2.24) is 0 Å². The molecule has 0 aromatic heterocycles. The van der Waals surface area contributed by atoms with Crippen molar-refractivity contribution in [2.75, 3.05) is 6.61 Å². The molecule has 0 heterocycles. The van der Waals surface area contributed by atoms with E-state index in [2.05, 4.69) is 11.3 Å². The van der Waals surface area contributed by atoms with E-state index in [4.69, 9.17) is 0 Å². The fourth-order valence-corrected chi connectivity index (χ4v) is 1.39. The summed E-state index contributed by atoms with van der Waals surface area (Å²) in [5, 5.41) is 10.6. The quantitative estimate of drug-likeness (QED) is 0.560. The van der Waals surface area contributed by atoms with Crippen molar-refractivity contribution in [3.05, 3.63) is 23.7 Å². The number of ether oxygens (including phenoxy) is 1. The molecule has 0 aliphatic carbocycles. The number of allylic oxidation sites excluding steroid dienone is 1. The van der Waals surface area contributed by atoms with Gasteiger partial charge >= 0.3 is 86.8 Å². The van der Waals surface area contributed by atoms with Crippen LogP contribution in [-0.4, -0.2) is 23.8 Å². The number of aliphatic hydroxyl groups excluding tert-OH is 1. The molecule has 1 unspecified atom stereocenters. The van der Waals surface area contributed by atoms with E-state index >= 15 is 0 Å².